The Morgan fingerprint density at radius 1 is 1.10 bits per heavy atom. The van der Waals surface area contributed by atoms with E-state index in [4.69, 9.17) is 9.47 Å². The summed E-state index contributed by atoms with van der Waals surface area (Å²) in [5.74, 6) is 0. The topological polar surface area (TPSA) is 93.5 Å². The first kappa shape index (κ1) is 23.8. The van der Waals surface area contributed by atoms with Crippen molar-refractivity contribution in [3.63, 3.8) is 0 Å². The normalized spacial score (nSPS) is 21.7. The third-order valence-electron chi connectivity index (χ3n) is 5.58. The average molecular weight is 411 g/mol. The standard InChI is InChI=1S/C22H38N2O5/c1-3-4-5-6-7-8-9-10-11-12-13-28-16-19-18(25)14-20(29-19)24-15-17(2)21(26)23-22(24)27/h15,18-20,25H,3-14,16H2,1-2H3,(H,23,26,27). The van der Waals surface area contributed by atoms with Gasteiger partial charge in [0, 0.05) is 24.8 Å². The van der Waals surface area contributed by atoms with Gasteiger partial charge in [0.25, 0.3) is 5.56 Å². The summed E-state index contributed by atoms with van der Waals surface area (Å²) in [5, 5.41) is 10.2. The molecule has 0 bridgehead atoms. The summed E-state index contributed by atoms with van der Waals surface area (Å²) in [7, 11) is 0. The highest BCUT2D eigenvalue weighted by Gasteiger charge is 2.35. The maximum Gasteiger partial charge on any atom is 0.330 e. The maximum absolute atomic E-state index is 12.0. The number of aliphatic hydroxyl groups excluding tert-OH is 1. The Bertz CT molecular complexity index is 699. The van der Waals surface area contributed by atoms with Gasteiger partial charge in [-0.05, 0) is 13.3 Å². The number of H-pyrrole nitrogens is 1. The number of nitrogens with one attached hydrogen (secondary N) is 1. The van der Waals surface area contributed by atoms with Crippen LogP contribution in [0.2, 0.25) is 0 Å². The first-order chi connectivity index (χ1) is 14.0. The molecular formula is C22H38N2O5. The van der Waals surface area contributed by atoms with E-state index >= 15 is 0 Å². The van der Waals surface area contributed by atoms with Crippen LogP contribution >= 0.6 is 0 Å². The molecule has 3 unspecified atom stereocenters. The van der Waals surface area contributed by atoms with Crippen LogP contribution in [0, 0.1) is 6.92 Å². The molecule has 2 rings (SSSR count). The number of hydrogen-bond donors (Lipinski definition) is 2. The van der Waals surface area contributed by atoms with Crippen molar-refractivity contribution in [3.05, 3.63) is 32.6 Å². The van der Waals surface area contributed by atoms with Gasteiger partial charge in [-0.25, -0.2) is 4.79 Å². The summed E-state index contributed by atoms with van der Waals surface area (Å²) < 4.78 is 12.8. The molecule has 0 amide bonds. The Labute approximate surface area is 173 Å². The zero-order valence-electron chi connectivity index (χ0n) is 18.0. The van der Waals surface area contributed by atoms with Gasteiger partial charge in [-0.15, -0.1) is 0 Å². The van der Waals surface area contributed by atoms with Gasteiger partial charge in [0.15, 0.2) is 0 Å². The lowest BCUT2D eigenvalue weighted by Crippen LogP contribution is -2.33. The molecule has 166 valence electrons. The van der Waals surface area contributed by atoms with E-state index in [-0.39, 0.29) is 0 Å². The van der Waals surface area contributed by atoms with E-state index in [1.165, 1.54) is 62.1 Å². The number of aliphatic hydroxyl groups is 1. The van der Waals surface area contributed by atoms with Gasteiger partial charge in [-0.2, -0.15) is 0 Å². The largest absolute Gasteiger partial charge is 0.390 e. The van der Waals surface area contributed by atoms with Crippen molar-refractivity contribution in [2.24, 2.45) is 0 Å². The molecule has 0 spiro atoms. The van der Waals surface area contributed by atoms with Crippen LogP contribution in [-0.4, -0.2) is 40.1 Å². The molecule has 2 heterocycles. The maximum atomic E-state index is 12.0. The molecule has 0 saturated carbocycles. The molecule has 2 N–H and O–H groups in total. The predicted octanol–water partition coefficient (Wildman–Crippen LogP) is 3.43. The van der Waals surface area contributed by atoms with Gasteiger partial charge in [-0.3, -0.25) is 14.3 Å². The van der Waals surface area contributed by atoms with Crippen molar-refractivity contribution in [3.8, 4) is 0 Å². The minimum atomic E-state index is -0.688. The summed E-state index contributed by atoms with van der Waals surface area (Å²) in [6.45, 7) is 4.85. The van der Waals surface area contributed by atoms with E-state index in [2.05, 4.69) is 11.9 Å². The molecule has 3 atom stereocenters. The summed E-state index contributed by atoms with van der Waals surface area (Å²) in [6.07, 6.45) is 12.9. The number of unbranched alkanes of at least 4 members (excludes halogenated alkanes) is 9. The molecule has 0 aliphatic carbocycles. The first-order valence-electron chi connectivity index (χ1n) is 11.3. The SMILES string of the molecule is CCCCCCCCCCCCOCC1OC(n2cc(C)c(=O)[nH]c2=O)CC1O. The highest BCUT2D eigenvalue weighted by Crippen LogP contribution is 2.27. The van der Waals surface area contributed by atoms with E-state index in [1.807, 2.05) is 0 Å². The molecule has 7 nitrogen and oxygen atoms in total. The Balaban J connectivity index is 1.57. The van der Waals surface area contributed by atoms with E-state index in [9.17, 15) is 14.7 Å². The van der Waals surface area contributed by atoms with Crippen molar-refractivity contribution in [2.75, 3.05) is 13.2 Å². The van der Waals surface area contributed by atoms with Crippen LogP contribution < -0.4 is 11.2 Å². The van der Waals surface area contributed by atoms with Gasteiger partial charge in [-0.1, -0.05) is 64.7 Å². The molecular weight excluding hydrogens is 372 g/mol. The van der Waals surface area contributed by atoms with Crippen molar-refractivity contribution >= 4 is 0 Å². The minimum Gasteiger partial charge on any atom is -0.390 e. The van der Waals surface area contributed by atoms with Crippen LogP contribution in [0.1, 0.15) is 89.3 Å². The summed E-state index contributed by atoms with van der Waals surface area (Å²) in [6, 6.07) is 0. The summed E-state index contributed by atoms with van der Waals surface area (Å²) >= 11 is 0. The van der Waals surface area contributed by atoms with Crippen molar-refractivity contribution in [1.29, 1.82) is 0 Å². The number of aromatic amines is 1. The fourth-order valence-corrected chi connectivity index (χ4v) is 3.73. The van der Waals surface area contributed by atoms with Crippen molar-refractivity contribution in [2.45, 2.75) is 103 Å². The van der Waals surface area contributed by atoms with Crippen LogP contribution in [-0.2, 0) is 9.47 Å². The molecule has 1 aliphatic heterocycles. The second-order valence-corrected chi connectivity index (χ2v) is 8.17. The third-order valence-corrected chi connectivity index (χ3v) is 5.58. The first-order valence-corrected chi connectivity index (χ1v) is 11.3. The van der Waals surface area contributed by atoms with E-state index in [0.29, 0.717) is 25.2 Å². The van der Waals surface area contributed by atoms with E-state index < -0.39 is 29.7 Å². The lowest BCUT2D eigenvalue weighted by atomic mass is 10.1. The number of aryl methyl sites for hydroxylation is 1. The lowest BCUT2D eigenvalue weighted by molar-refractivity contribution is -0.0638. The minimum absolute atomic E-state index is 0.303. The fraction of sp³-hybridized carbons (Fsp3) is 0.818. The average Bonchev–Trinajstić information content (AvgIpc) is 3.06. The zero-order chi connectivity index (χ0) is 21.1. The Morgan fingerprint density at radius 3 is 2.38 bits per heavy atom. The molecule has 7 heteroatoms. The van der Waals surface area contributed by atoms with Crippen LogP contribution in [0.5, 0.6) is 0 Å². The Hall–Kier alpha value is -1.44. The van der Waals surface area contributed by atoms with E-state index in [1.54, 1.807) is 6.92 Å². The summed E-state index contributed by atoms with van der Waals surface area (Å²) in [5.41, 5.74) is -0.491. The highest BCUT2D eigenvalue weighted by atomic mass is 16.6. The Kier molecular flexibility index (Phi) is 10.7. The summed E-state index contributed by atoms with van der Waals surface area (Å²) in [4.78, 5) is 25.7. The number of hydrogen-bond acceptors (Lipinski definition) is 5. The molecule has 1 saturated heterocycles. The lowest BCUT2D eigenvalue weighted by Gasteiger charge is -2.16. The quantitative estimate of drug-likeness (QED) is 0.458. The van der Waals surface area contributed by atoms with Crippen LogP contribution in [0.3, 0.4) is 0 Å². The monoisotopic (exact) mass is 410 g/mol. The number of ether oxygens (including phenoxy) is 2. The zero-order valence-corrected chi connectivity index (χ0v) is 18.0. The van der Waals surface area contributed by atoms with Crippen molar-refractivity contribution in [1.82, 2.24) is 9.55 Å². The van der Waals surface area contributed by atoms with Gasteiger partial charge in [0.05, 0.1) is 12.7 Å². The van der Waals surface area contributed by atoms with Gasteiger partial charge in [0.1, 0.15) is 12.3 Å². The van der Waals surface area contributed by atoms with Crippen LogP contribution in [0.15, 0.2) is 15.8 Å². The smallest absolute Gasteiger partial charge is 0.330 e. The number of aromatic nitrogens is 2. The van der Waals surface area contributed by atoms with Crippen LogP contribution in [0.25, 0.3) is 0 Å². The van der Waals surface area contributed by atoms with Gasteiger partial charge in [0.2, 0.25) is 0 Å². The molecule has 1 aromatic rings. The molecule has 1 aliphatic rings. The third kappa shape index (κ3) is 8.07. The van der Waals surface area contributed by atoms with E-state index in [0.717, 1.165) is 12.8 Å². The highest BCUT2D eigenvalue weighted by molar-refractivity contribution is 5.02. The molecule has 0 aromatic carbocycles. The second-order valence-electron chi connectivity index (χ2n) is 8.17. The molecule has 1 fully saturated rings. The van der Waals surface area contributed by atoms with Gasteiger partial charge < -0.3 is 14.6 Å². The van der Waals surface area contributed by atoms with Crippen LogP contribution in [0.4, 0.5) is 0 Å². The molecule has 29 heavy (non-hydrogen) atoms. The second kappa shape index (κ2) is 13.0. The number of nitrogens with zero attached hydrogens (tertiary/aromatic N) is 1. The predicted molar refractivity (Wildman–Crippen MR) is 113 cm³/mol. The fourth-order valence-electron chi connectivity index (χ4n) is 3.73. The molecule has 0 radical (unpaired) electrons. The number of rotatable bonds is 14. The Morgan fingerprint density at radius 2 is 1.72 bits per heavy atom. The van der Waals surface area contributed by atoms with Crippen molar-refractivity contribution < 1.29 is 14.6 Å². The molecule has 1 aromatic heterocycles. The van der Waals surface area contributed by atoms with Gasteiger partial charge >= 0.3 is 5.69 Å².